The van der Waals surface area contributed by atoms with Crippen LogP contribution in [0.25, 0.3) is 11.1 Å². The van der Waals surface area contributed by atoms with Crippen LogP contribution in [0, 0.1) is 0 Å². The van der Waals surface area contributed by atoms with Gasteiger partial charge < -0.3 is 20.4 Å². The van der Waals surface area contributed by atoms with Gasteiger partial charge in [-0.25, -0.2) is 0 Å². The highest BCUT2D eigenvalue weighted by Gasteiger charge is 2.39. The van der Waals surface area contributed by atoms with E-state index in [-0.39, 0.29) is 30.5 Å². The number of rotatable bonds is 5. The predicted octanol–water partition coefficient (Wildman–Crippen LogP) is 3.60. The van der Waals surface area contributed by atoms with Gasteiger partial charge in [0.1, 0.15) is 11.8 Å². The molecule has 6 nitrogen and oxygen atoms in total. The summed E-state index contributed by atoms with van der Waals surface area (Å²) in [6.07, 6.45) is -0.606. The quantitative estimate of drug-likeness (QED) is 0.554. The Morgan fingerprint density at radius 3 is 2.53 bits per heavy atom. The molecule has 0 unspecified atom stereocenters. The summed E-state index contributed by atoms with van der Waals surface area (Å²) in [4.78, 5) is 27.8. The summed E-state index contributed by atoms with van der Waals surface area (Å²) in [6.45, 7) is 0.372. The number of nitrogens with one attached hydrogen (secondary N) is 1. The molecular weight excluding hydrogens is 428 g/mol. The Kier molecular flexibility index (Phi) is 6.44. The number of aliphatic hydroxyl groups excluding tert-OH is 1. The van der Waals surface area contributed by atoms with Gasteiger partial charge in [-0.15, -0.1) is 0 Å². The number of phenolic OH excluding ortho intramolecular Hbond substituents is 1. The normalized spacial score (nSPS) is 17.9. The van der Waals surface area contributed by atoms with Gasteiger partial charge in [-0.2, -0.15) is 0 Å². The van der Waals surface area contributed by atoms with Crippen LogP contribution >= 0.6 is 11.6 Å². The molecular formula is C25H23ClN2O4. The third-order valence-electron chi connectivity index (χ3n) is 5.54. The molecule has 7 heteroatoms. The monoisotopic (exact) mass is 450 g/mol. The van der Waals surface area contributed by atoms with E-state index in [2.05, 4.69) is 5.32 Å². The molecule has 164 valence electrons. The molecule has 3 N–H and O–H groups in total. The van der Waals surface area contributed by atoms with Gasteiger partial charge in [-0.1, -0.05) is 54.1 Å². The van der Waals surface area contributed by atoms with Crippen molar-refractivity contribution in [2.75, 3.05) is 6.54 Å². The van der Waals surface area contributed by atoms with E-state index in [1.54, 1.807) is 54.6 Å². The van der Waals surface area contributed by atoms with Gasteiger partial charge in [-0.05, 0) is 47.0 Å². The number of likely N-dealkylation sites (tertiary alicyclic amines) is 1. The molecule has 0 radical (unpaired) electrons. The van der Waals surface area contributed by atoms with E-state index >= 15 is 0 Å². The Balaban J connectivity index is 1.55. The van der Waals surface area contributed by atoms with Crippen LogP contribution < -0.4 is 5.32 Å². The van der Waals surface area contributed by atoms with Crippen LogP contribution in [0.5, 0.6) is 5.75 Å². The molecule has 0 spiro atoms. The number of hydrogen-bond acceptors (Lipinski definition) is 4. The zero-order valence-corrected chi connectivity index (χ0v) is 18.0. The Morgan fingerprint density at radius 2 is 1.78 bits per heavy atom. The standard InChI is InChI=1S/C25H23ClN2O4/c26-18-10-8-16(9-11-18)14-27-24(31)23-13-20(30)15-28(23)25(32)22-7-2-1-6-21(22)17-4-3-5-19(29)12-17/h1-12,20,23,29-30H,13-15H2,(H,27,31)/t20-,23+/m1/s1. The highest BCUT2D eigenvalue weighted by Crippen LogP contribution is 2.29. The fourth-order valence-electron chi connectivity index (χ4n) is 3.95. The van der Waals surface area contributed by atoms with E-state index in [1.807, 2.05) is 18.2 Å². The first-order valence-corrected chi connectivity index (χ1v) is 10.7. The lowest BCUT2D eigenvalue weighted by Gasteiger charge is -2.25. The molecule has 0 aliphatic carbocycles. The first-order valence-electron chi connectivity index (χ1n) is 10.3. The summed E-state index contributed by atoms with van der Waals surface area (Å²) in [5.74, 6) is -0.562. The number of halogens is 1. The summed E-state index contributed by atoms with van der Waals surface area (Å²) < 4.78 is 0. The van der Waals surface area contributed by atoms with Crippen LogP contribution in [-0.2, 0) is 11.3 Å². The first-order chi connectivity index (χ1) is 15.4. The zero-order valence-electron chi connectivity index (χ0n) is 17.2. The number of carbonyl (C=O) groups excluding carboxylic acids is 2. The number of aliphatic hydroxyl groups is 1. The van der Waals surface area contributed by atoms with Gasteiger partial charge in [0, 0.05) is 30.1 Å². The summed E-state index contributed by atoms with van der Waals surface area (Å²) in [5, 5.41) is 23.5. The molecule has 2 amide bonds. The Morgan fingerprint density at radius 1 is 1.03 bits per heavy atom. The van der Waals surface area contributed by atoms with Crippen molar-refractivity contribution in [3.05, 3.63) is 88.9 Å². The van der Waals surface area contributed by atoms with Gasteiger partial charge in [0.2, 0.25) is 5.91 Å². The van der Waals surface area contributed by atoms with Crippen LogP contribution in [-0.4, -0.2) is 45.6 Å². The maximum absolute atomic E-state index is 13.5. The molecule has 2 atom stereocenters. The number of phenols is 1. The summed E-state index contributed by atoms with van der Waals surface area (Å²) in [6, 6.07) is 20.1. The molecule has 1 fully saturated rings. The molecule has 4 rings (SSSR count). The van der Waals surface area contributed by atoms with E-state index in [4.69, 9.17) is 11.6 Å². The second-order valence-electron chi connectivity index (χ2n) is 7.80. The minimum atomic E-state index is -0.779. The van der Waals surface area contributed by atoms with Crippen molar-refractivity contribution in [2.24, 2.45) is 0 Å². The van der Waals surface area contributed by atoms with Crippen molar-refractivity contribution in [2.45, 2.75) is 25.1 Å². The van der Waals surface area contributed by atoms with Gasteiger partial charge in [-0.3, -0.25) is 9.59 Å². The lowest BCUT2D eigenvalue weighted by atomic mass is 9.98. The fraction of sp³-hybridized carbons (Fsp3) is 0.200. The zero-order chi connectivity index (χ0) is 22.7. The number of nitrogens with zero attached hydrogens (tertiary/aromatic N) is 1. The minimum absolute atomic E-state index is 0.0756. The van der Waals surface area contributed by atoms with Crippen LogP contribution in [0.2, 0.25) is 5.02 Å². The van der Waals surface area contributed by atoms with Gasteiger partial charge in [0.15, 0.2) is 0 Å². The predicted molar refractivity (Wildman–Crippen MR) is 122 cm³/mol. The van der Waals surface area contributed by atoms with Crippen molar-refractivity contribution in [1.29, 1.82) is 0 Å². The fourth-order valence-corrected chi connectivity index (χ4v) is 4.07. The number of benzene rings is 3. The number of hydrogen-bond donors (Lipinski definition) is 3. The van der Waals surface area contributed by atoms with Crippen LogP contribution in [0.1, 0.15) is 22.3 Å². The van der Waals surface area contributed by atoms with E-state index < -0.39 is 12.1 Å². The largest absolute Gasteiger partial charge is 0.508 e. The van der Waals surface area contributed by atoms with E-state index in [0.717, 1.165) is 5.56 Å². The van der Waals surface area contributed by atoms with Crippen LogP contribution in [0.15, 0.2) is 72.8 Å². The van der Waals surface area contributed by atoms with E-state index in [0.29, 0.717) is 28.3 Å². The highest BCUT2D eigenvalue weighted by atomic mass is 35.5. The molecule has 1 saturated heterocycles. The summed E-state index contributed by atoms with van der Waals surface area (Å²) >= 11 is 5.90. The average Bonchev–Trinajstić information content (AvgIpc) is 3.20. The highest BCUT2D eigenvalue weighted by molar-refractivity contribution is 6.30. The van der Waals surface area contributed by atoms with Crippen LogP contribution in [0.4, 0.5) is 0 Å². The molecule has 0 saturated carbocycles. The Bertz CT molecular complexity index is 1130. The third kappa shape index (κ3) is 4.77. The number of aromatic hydroxyl groups is 1. The molecule has 32 heavy (non-hydrogen) atoms. The van der Waals surface area contributed by atoms with Crippen molar-refractivity contribution in [1.82, 2.24) is 10.2 Å². The Labute approximate surface area is 191 Å². The average molecular weight is 451 g/mol. The molecule has 1 aliphatic heterocycles. The number of amides is 2. The van der Waals surface area contributed by atoms with E-state index in [1.165, 1.54) is 4.90 Å². The number of β-amino-alcohol motifs (C(OH)–C–C–N with tert-alkyl or cyclic N) is 1. The van der Waals surface area contributed by atoms with Crippen molar-refractivity contribution < 1.29 is 19.8 Å². The first kappa shape index (κ1) is 21.9. The lowest BCUT2D eigenvalue weighted by molar-refractivity contribution is -0.125. The SMILES string of the molecule is O=C(NCc1ccc(Cl)cc1)[C@@H]1C[C@@H](O)CN1C(=O)c1ccccc1-c1cccc(O)c1. The Hall–Kier alpha value is -3.35. The second kappa shape index (κ2) is 9.42. The van der Waals surface area contributed by atoms with Gasteiger partial charge in [0.25, 0.3) is 5.91 Å². The molecule has 1 heterocycles. The lowest BCUT2D eigenvalue weighted by Crippen LogP contribution is -2.45. The molecule has 0 aromatic heterocycles. The summed E-state index contributed by atoms with van der Waals surface area (Å²) in [7, 11) is 0. The van der Waals surface area contributed by atoms with Gasteiger partial charge in [0.05, 0.1) is 6.10 Å². The summed E-state index contributed by atoms with van der Waals surface area (Å²) in [5.41, 5.74) is 2.63. The van der Waals surface area contributed by atoms with Crippen molar-refractivity contribution in [3.8, 4) is 16.9 Å². The van der Waals surface area contributed by atoms with E-state index in [9.17, 15) is 19.8 Å². The second-order valence-corrected chi connectivity index (χ2v) is 8.24. The van der Waals surface area contributed by atoms with Crippen LogP contribution in [0.3, 0.4) is 0 Å². The maximum atomic E-state index is 13.5. The molecule has 1 aliphatic rings. The van der Waals surface area contributed by atoms with Gasteiger partial charge >= 0.3 is 0 Å². The van der Waals surface area contributed by atoms with Crippen molar-refractivity contribution >= 4 is 23.4 Å². The smallest absolute Gasteiger partial charge is 0.255 e. The van der Waals surface area contributed by atoms with Crippen molar-refractivity contribution in [3.63, 3.8) is 0 Å². The number of carbonyl (C=O) groups is 2. The topological polar surface area (TPSA) is 89.9 Å². The molecule has 3 aromatic carbocycles. The minimum Gasteiger partial charge on any atom is -0.508 e. The molecule has 3 aromatic rings. The maximum Gasteiger partial charge on any atom is 0.255 e. The third-order valence-corrected chi connectivity index (χ3v) is 5.79. The molecule has 0 bridgehead atoms.